The maximum absolute atomic E-state index is 6.17. The van der Waals surface area contributed by atoms with Crippen molar-refractivity contribution < 1.29 is 0 Å². The van der Waals surface area contributed by atoms with Crippen LogP contribution in [0.15, 0.2) is 0 Å². The van der Waals surface area contributed by atoms with Crippen molar-refractivity contribution in [2.24, 2.45) is 29.4 Å². The van der Waals surface area contributed by atoms with E-state index in [0.717, 1.165) is 23.7 Å². The first-order valence-corrected chi connectivity index (χ1v) is 5.58. The molecule has 12 heavy (non-hydrogen) atoms. The van der Waals surface area contributed by atoms with Crippen LogP contribution in [0.4, 0.5) is 0 Å². The number of hydrogen-bond donors (Lipinski definition) is 1. The summed E-state index contributed by atoms with van der Waals surface area (Å²) in [7, 11) is 0. The summed E-state index contributed by atoms with van der Waals surface area (Å²) in [4.78, 5) is 0. The SMILES string of the molecule is NC1CCC2CC3CC1CC2C3. The maximum atomic E-state index is 6.17. The quantitative estimate of drug-likeness (QED) is 0.585. The summed E-state index contributed by atoms with van der Waals surface area (Å²) in [6, 6.07) is 0.556. The van der Waals surface area contributed by atoms with Crippen LogP contribution in [-0.4, -0.2) is 6.04 Å². The number of nitrogens with two attached hydrogens (primary N) is 1. The van der Waals surface area contributed by atoms with Crippen molar-refractivity contribution in [1.82, 2.24) is 0 Å². The zero-order valence-electron chi connectivity index (χ0n) is 7.71. The summed E-state index contributed by atoms with van der Waals surface area (Å²) in [5.41, 5.74) is 6.17. The first-order valence-electron chi connectivity index (χ1n) is 5.58. The van der Waals surface area contributed by atoms with E-state index < -0.39 is 0 Å². The summed E-state index contributed by atoms with van der Waals surface area (Å²) >= 11 is 0. The highest BCUT2D eigenvalue weighted by molar-refractivity contribution is 4.96. The monoisotopic (exact) mass is 165 g/mol. The van der Waals surface area contributed by atoms with Crippen LogP contribution in [0.5, 0.6) is 0 Å². The van der Waals surface area contributed by atoms with E-state index in [1.165, 1.54) is 25.7 Å². The van der Waals surface area contributed by atoms with Crippen molar-refractivity contribution in [3.05, 3.63) is 0 Å². The number of rotatable bonds is 0. The van der Waals surface area contributed by atoms with Gasteiger partial charge < -0.3 is 5.73 Å². The Labute approximate surface area is 74.7 Å². The summed E-state index contributed by atoms with van der Waals surface area (Å²) in [6.45, 7) is 0. The molecule has 0 saturated heterocycles. The molecular formula is C11H19N. The Balaban J connectivity index is 1.89. The molecule has 3 bridgehead atoms. The molecule has 3 fully saturated rings. The molecule has 0 heterocycles. The minimum absolute atomic E-state index is 0.556. The van der Waals surface area contributed by atoms with Crippen LogP contribution in [0.1, 0.15) is 38.5 Å². The summed E-state index contributed by atoms with van der Waals surface area (Å²) in [6.07, 6.45) is 8.80. The van der Waals surface area contributed by atoms with Gasteiger partial charge in [0, 0.05) is 6.04 Å². The molecule has 0 aromatic carbocycles. The molecule has 5 unspecified atom stereocenters. The molecule has 2 N–H and O–H groups in total. The van der Waals surface area contributed by atoms with Crippen LogP contribution in [0, 0.1) is 23.7 Å². The number of fused-ring (bicyclic) bond motifs is 2. The summed E-state index contributed by atoms with van der Waals surface area (Å²) < 4.78 is 0. The smallest absolute Gasteiger partial charge is 0.00674 e. The molecule has 0 aliphatic heterocycles. The molecule has 5 atom stereocenters. The van der Waals surface area contributed by atoms with Crippen LogP contribution in [0.3, 0.4) is 0 Å². The van der Waals surface area contributed by atoms with Crippen LogP contribution in [0.2, 0.25) is 0 Å². The second kappa shape index (κ2) is 2.47. The van der Waals surface area contributed by atoms with Crippen molar-refractivity contribution in [3.8, 4) is 0 Å². The molecule has 0 spiro atoms. The third kappa shape index (κ3) is 0.953. The van der Waals surface area contributed by atoms with Gasteiger partial charge in [-0.15, -0.1) is 0 Å². The van der Waals surface area contributed by atoms with Crippen LogP contribution in [-0.2, 0) is 0 Å². The van der Waals surface area contributed by atoms with Gasteiger partial charge in [0.25, 0.3) is 0 Å². The zero-order valence-corrected chi connectivity index (χ0v) is 7.71. The van der Waals surface area contributed by atoms with Crippen molar-refractivity contribution in [1.29, 1.82) is 0 Å². The highest BCUT2D eigenvalue weighted by Gasteiger charge is 2.44. The molecular weight excluding hydrogens is 146 g/mol. The van der Waals surface area contributed by atoms with E-state index in [0.29, 0.717) is 6.04 Å². The fourth-order valence-corrected chi connectivity index (χ4v) is 4.08. The molecule has 3 saturated carbocycles. The lowest BCUT2D eigenvalue weighted by atomic mass is 9.78. The van der Waals surface area contributed by atoms with Gasteiger partial charge in [-0.05, 0) is 62.2 Å². The molecule has 3 aliphatic rings. The normalized spacial score (nSPS) is 57.2. The second-order valence-electron chi connectivity index (χ2n) is 5.33. The average molecular weight is 165 g/mol. The van der Waals surface area contributed by atoms with Crippen LogP contribution >= 0.6 is 0 Å². The Hall–Kier alpha value is -0.0400. The molecule has 1 nitrogen and oxygen atoms in total. The van der Waals surface area contributed by atoms with Gasteiger partial charge in [0.2, 0.25) is 0 Å². The first-order chi connectivity index (χ1) is 5.83. The molecule has 1 heteroatoms. The highest BCUT2D eigenvalue weighted by Crippen LogP contribution is 2.52. The second-order valence-corrected chi connectivity index (χ2v) is 5.33. The molecule has 0 amide bonds. The Morgan fingerprint density at radius 2 is 1.50 bits per heavy atom. The minimum Gasteiger partial charge on any atom is -0.327 e. The van der Waals surface area contributed by atoms with E-state index in [4.69, 9.17) is 5.73 Å². The fourth-order valence-electron chi connectivity index (χ4n) is 4.08. The molecule has 0 aromatic heterocycles. The highest BCUT2D eigenvalue weighted by atomic mass is 14.7. The van der Waals surface area contributed by atoms with Gasteiger partial charge in [0.05, 0.1) is 0 Å². The van der Waals surface area contributed by atoms with Gasteiger partial charge in [-0.1, -0.05) is 0 Å². The lowest BCUT2D eigenvalue weighted by Crippen LogP contribution is -2.33. The summed E-state index contributed by atoms with van der Waals surface area (Å²) in [5.74, 6) is 4.14. The van der Waals surface area contributed by atoms with Crippen molar-refractivity contribution >= 4 is 0 Å². The third-order valence-corrected chi connectivity index (χ3v) is 4.66. The first kappa shape index (κ1) is 7.37. The van der Waals surface area contributed by atoms with Crippen molar-refractivity contribution in [3.63, 3.8) is 0 Å². The van der Waals surface area contributed by atoms with E-state index in [1.807, 2.05) is 0 Å². The Morgan fingerprint density at radius 3 is 2.42 bits per heavy atom. The van der Waals surface area contributed by atoms with E-state index in [-0.39, 0.29) is 0 Å². The molecule has 3 rings (SSSR count). The van der Waals surface area contributed by atoms with Crippen LogP contribution in [0.25, 0.3) is 0 Å². The predicted octanol–water partition coefficient (Wildman–Crippen LogP) is 2.16. The summed E-state index contributed by atoms with van der Waals surface area (Å²) in [5, 5.41) is 0. The Kier molecular flexibility index (Phi) is 1.52. The van der Waals surface area contributed by atoms with Gasteiger partial charge in [-0.2, -0.15) is 0 Å². The lowest BCUT2D eigenvalue weighted by Gasteiger charge is -2.30. The maximum Gasteiger partial charge on any atom is 0.00674 e. The lowest BCUT2D eigenvalue weighted by molar-refractivity contribution is 0.234. The van der Waals surface area contributed by atoms with E-state index in [9.17, 15) is 0 Å². The Bertz CT molecular complexity index is 189. The van der Waals surface area contributed by atoms with Gasteiger partial charge in [0.1, 0.15) is 0 Å². The van der Waals surface area contributed by atoms with Gasteiger partial charge in [0.15, 0.2) is 0 Å². The largest absolute Gasteiger partial charge is 0.327 e. The van der Waals surface area contributed by atoms with Gasteiger partial charge in [-0.3, -0.25) is 0 Å². The van der Waals surface area contributed by atoms with E-state index in [2.05, 4.69) is 0 Å². The Morgan fingerprint density at radius 1 is 0.750 bits per heavy atom. The molecule has 0 radical (unpaired) electrons. The van der Waals surface area contributed by atoms with Crippen LogP contribution < -0.4 is 5.73 Å². The van der Waals surface area contributed by atoms with Gasteiger partial charge in [-0.25, -0.2) is 0 Å². The molecule has 0 aromatic rings. The topological polar surface area (TPSA) is 26.0 Å². The fraction of sp³-hybridized carbons (Fsp3) is 1.00. The van der Waals surface area contributed by atoms with E-state index in [1.54, 1.807) is 12.8 Å². The number of hydrogen-bond acceptors (Lipinski definition) is 1. The standard InChI is InChI=1S/C11H19N/c12-11-2-1-8-3-7-4-9(8)6-10(11)5-7/h7-11H,1-6,12H2. The average Bonchev–Trinajstić information content (AvgIpc) is 2.31. The zero-order chi connectivity index (χ0) is 8.13. The van der Waals surface area contributed by atoms with Crippen molar-refractivity contribution in [2.45, 2.75) is 44.6 Å². The van der Waals surface area contributed by atoms with E-state index >= 15 is 0 Å². The predicted molar refractivity (Wildman–Crippen MR) is 49.6 cm³/mol. The minimum atomic E-state index is 0.556. The van der Waals surface area contributed by atoms with Gasteiger partial charge >= 0.3 is 0 Å². The third-order valence-electron chi connectivity index (χ3n) is 4.66. The van der Waals surface area contributed by atoms with Crippen molar-refractivity contribution in [2.75, 3.05) is 0 Å². The molecule has 3 aliphatic carbocycles. The molecule has 68 valence electrons.